The highest BCUT2D eigenvalue weighted by molar-refractivity contribution is 6.00. The number of piperidine rings is 1. The van der Waals surface area contributed by atoms with Crippen LogP contribution < -0.4 is 0 Å². The number of amides is 1. The molecule has 1 atom stereocenters. The van der Waals surface area contributed by atoms with E-state index in [4.69, 9.17) is 9.57 Å². The topological polar surface area (TPSA) is 68.2 Å². The Morgan fingerprint density at radius 2 is 1.94 bits per heavy atom. The quantitative estimate of drug-likeness (QED) is 0.336. The molecule has 2 heterocycles. The number of ether oxygens (including phenoxy) is 1. The Hall–Kier alpha value is -2.89. The van der Waals surface area contributed by atoms with Crippen molar-refractivity contribution in [1.29, 1.82) is 0 Å². The predicted molar refractivity (Wildman–Crippen MR) is 135 cm³/mol. The second-order valence-electron chi connectivity index (χ2n) is 9.17. The fourth-order valence-electron chi connectivity index (χ4n) is 4.75. The van der Waals surface area contributed by atoms with Gasteiger partial charge in [-0.2, -0.15) is 0 Å². The molecule has 2 aliphatic rings. The SMILES string of the molecule is CCC1CCCCN1C(=O)CO/N=C1\C=C\CC/C=C/CCOC(=O)c2c(C)cc(C)cc2C1. The van der Waals surface area contributed by atoms with Gasteiger partial charge >= 0.3 is 5.97 Å². The molecule has 34 heavy (non-hydrogen) atoms. The lowest BCUT2D eigenvalue weighted by Crippen LogP contribution is -2.44. The maximum Gasteiger partial charge on any atom is 0.338 e. The van der Waals surface area contributed by atoms with Gasteiger partial charge in [0.2, 0.25) is 0 Å². The van der Waals surface area contributed by atoms with Gasteiger partial charge in [0.15, 0.2) is 6.61 Å². The highest BCUT2D eigenvalue weighted by Gasteiger charge is 2.25. The Balaban J connectivity index is 1.80. The predicted octanol–water partition coefficient (Wildman–Crippen LogP) is 5.46. The van der Waals surface area contributed by atoms with Crippen molar-refractivity contribution in [3.8, 4) is 0 Å². The Kier molecular flexibility index (Phi) is 9.92. The van der Waals surface area contributed by atoms with Crippen molar-refractivity contribution in [2.75, 3.05) is 19.8 Å². The molecule has 2 aliphatic heterocycles. The summed E-state index contributed by atoms with van der Waals surface area (Å²) in [6.07, 6.45) is 15.3. The molecule has 1 saturated heterocycles. The van der Waals surface area contributed by atoms with E-state index in [2.05, 4.69) is 24.2 Å². The zero-order chi connectivity index (χ0) is 24.3. The highest BCUT2D eigenvalue weighted by Crippen LogP contribution is 2.21. The number of fused-ring (bicyclic) bond motifs is 1. The van der Waals surface area contributed by atoms with Crippen molar-refractivity contribution in [3.05, 3.63) is 58.7 Å². The van der Waals surface area contributed by atoms with E-state index in [-0.39, 0.29) is 18.5 Å². The molecule has 0 bridgehead atoms. The smallest absolute Gasteiger partial charge is 0.338 e. The Morgan fingerprint density at radius 3 is 2.76 bits per heavy atom. The molecule has 184 valence electrons. The number of oxime groups is 1. The van der Waals surface area contributed by atoms with Crippen LogP contribution in [0.4, 0.5) is 0 Å². The summed E-state index contributed by atoms with van der Waals surface area (Å²) in [5.41, 5.74) is 4.08. The lowest BCUT2D eigenvalue weighted by atomic mass is 9.95. The van der Waals surface area contributed by atoms with Gasteiger partial charge in [0.05, 0.1) is 17.9 Å². The molecule has 1 amide bonds. The third kappa shape index (κ3) is 7.31. The first-order valence-corrected chi connectivity index (χ1v) is 12.6. The summed E-state index contributed by atoms with van der Waals surface area (Å²) < 4.78 is 5.54. The molecular weight excluding hydrogens is 428 g/mol. The summed E-state index contributed by atoms with van der Waals surface area (Å²) >= 11 is 0. The van der Waals surface area contributed by atoms with Crippen LogP contribution >= 0.6 is 0 Å². The van der Waals surface area contributed by atoms with Crippen molar-refractivity contribution in [3.63, 3.8) is 0 Å². The molecule has 0 N–H and O–H groups in total. The second kappa shape index (κ2) is 13.1. The zero-order valence-electron chi connectivity index (χ0n) is 20.8. The number of likely N-dealkylation sites (tertiary alicyclic amines) is 1. The van der Waals surface area contributed by atoms with Crippen LogP contribution in [0.25, 0.3) is 0 Å². The molecule has 0 saturated carbocycles. The molecule has 0 radical (unpaired) electrons. The number of carbonyl (C=O) groups is 2. The molecular formula is C28H38N2O4. The molecule has 0 spiro atoms. The zero-order valence-corrected chi connectivity index (χ0v) is 20.8. The van der Waals surface area contributed by atoms with E-state index in [0.717, 1.165) is 55.3 Å². The van der Waals surface area contributed by atoms with Crippen LogP contribution in [0.3, 0.4) is 0 Å². The van der Waals surface area contributed by atoms with Gasteiger partial charge in [0.1, 0.15) is 0 Å². The normalized spacial score (nSPS) is 22.9. The van der Waals surface area contributed by atoms with Gasteiger partial charge in [-0.25, -0.2) is 4.79 Å². The van der Waals surface area contributed by atoms with E-state index in [1.807, 2.05) is 43.0 Å². The molecule has 6 nitrogen and oxygen atoms in total. The summed E-state index contributed by atoms with van der Waals surface area (Å²) in [7, 11) is 0. The summed E-state index contributed by atoms with van der Waals surface area (Å²) in [5, 5.41) is 4.33. The molecule has 1 aromatic carbocycles. The minimum atomic E-state index is -0.312. The Bertz CT molecular complexity index is 948. The number of benzene rings is 1. The third-order valence-electron chi connectivity index (χ3n) is 6.42. The highest BCUT2D eigenvalue weighted by atomic mass is 16.6. The van der Waals surface area contributed by atoms with Gasteiger partial charge < -0.3 is 14.5 Å². The summed E-state index contributed by atoms with van der Waals surface area (Å²) in [6, 6.07) is 4.29. The molecule has 6 heteroatoms. The monoisotopic (exact) mass is 466 g/mol. The molecule has 0 aliphatic carbocycles. The van der Waals surface area contributed by atoms with E-state index in [0.29, 0.717) is 36.8 Å². The largest absolute Gasteiger partial charge is 0.462 e. The van der Waals surface area contributed by atoms with Crippen LogP contribution in [0, 0.1) is 13.8 Å². The fraction of sp³-hybridized carbons (Fsp3) is 0.536. The molecule has 0 aromatic heterocycles. The van der Waals surface area contributed by atoms with Crippen molar-refractivity contribution >= 4 is 17.6 Å². The lowest BCUT2D eigenvalue weighted by Gasteiger charge is -2.34. The number of aryl methyl sites for hydroxylation is 2. The van der Waals surface area contributed by atoms with Crippen LogP contribution in [-0.4, -0.2) is 48.3 Å². The first kappa shape index (κ1) is 25.7. The minimum absolute atomic E-state index is 0.0124. The van der Waals surface area contributed by atoms with Gasteiger partial charge in [-0.1, -0.05) is 48.0 Å². The van der Waals surface area contributed by atoms with Gasteiger partial charge in [-0.05, 0) is 76.0 Å². The lowest BCUT2D eigenvalue weighted by molar-refractivity contribution is -0.139. The molecule has 1 unspecified atom stereocenters. The van der Waals surface area contributed by atoms with E-state index < -0.39 is 0 Å². The molecule has 1 fully saturated rings. The molecule has 1 aromatic rings. The summed E-state index contributed by atoms with van der Waals surface area (Å²) in [6.45, 7) is 7.15. The molecule has 3 rings (SSSR count). The van der Waals surface area contributed by atoms with Gasteiger partial charge in [-0.3, -0.25) is 4.79 Å². The van der Waals surface area contributed by atoms with Crippen molar-refractivity contribution in [2.45, 2.75) is 78.2 Å². The Morgan fingerprint density at radius 1 is 1.15 bits per heavy atom. The summed E-state index contributed by atoms with van der Waals surface area (Å²) in [5.74, 6) is -0.324. The number of esters is 1. The van der Waals surface area contributed by atoms with E-state index in [1.54, 1.807) is 0 Å². The number of hydrogen-bond acceptors (Lipinski definition) is 5. The summed E-state index contributed by atoms with van der Waals surface area (Å²) in [4.78, 5) is 33.1. The Labute approximate surface area is 203 Å². The minimum Gasteiger partial charge on any atom is -0.462 e. The van der Waals surface area contributed by atoms with E-state index in [1.165, 1.54) is 6.42 Å². The number of allylic oxidation sites excluding steroid dienone is 3. The van der Waals surface area contributed by atoms with Crippen LogP contribution in [0.2, 0.25) is 0 Å². The number of carbonyl (C=O) groups excluding carboxylic acids is 2. The standard InChI is InChI=1S/C28H38N2O4/c1-4-25-14-10-11-15-30(25)26(31)20-34-29-24-13-9-7-5-6-8-12-16-33-28(32)27-22(3)17-21(2)18-23(27)19-24/h6,8-9,13,17-18,25H,4-5,7,10-12,14-16,19-20H2,1-3H3/b8-6+,13-9+,29-24+. The van der Waals surface area contributed by atoms with E-state index in [9.17, 15) is 9.59 Å². The first-order valence-electron chi connectivity index (χ1n) is 12.6. The van der Waals surface area contributed by atoms with Crippen LogP contribution in [0.15, 0.2) is 41.6 Å². The van der Waals surface area contributed by atoms with Crippen molar-refractivity contribution in [2.24, 2.45) is 5.16 Å². The third-order valence-corrected chi connectivity index (χ3v) is 6.42. The first-order chi connectivity index (χ1) is 16.5. The maximum atomic E-state index is 12.9. The van der Waals surface area contributed by atoms with Crippen LogP contribution in [-0.2, 0) is 20.8 Å². The number of hydrogen-bond donors (Lipinski definition) is 0. The number of nitrogens with zero attached hydrogens (tertiary/aromatic N) is 2. The maximum absolute atomic E-state index is 12.9. The average molecular weight is 467 g/mol. The van der Waals surface area contributed by atoms with Crippen LogP contribution in [0.1, 0.15) is 78.9 Å². The van der Waals surface area contributed by atoms with Gasteiger partial charge in [-0.15, -0.1) is 0 Å². The number of rotatable bonds is 4. The van der Waals surface area contributed by atoms with Gasteiger partial charge in [0.25, 0.3) is 5.91 Å². The van der Waals surface area contributed by atoms with Gasteiger partial charge in [0, 0.05) is 19.0 Å². The average Bonchev–Trinajstić information content (AvgIpc) is 2.81. The number of cyclic esters (lactones) is 1. The van der Waals surface area contributed by atoms with Crippen molar-refractivity contribution in [1.82, 2.24) is 4.90 Å². The van der Waals surface area contributed by atoms with Crippen LogP contribution in [0.5, 0.6) is 0 Å². The fourth-order valence-corrected chi connectivity index (χ4v) is 4.75. The second-order valence-corrected chi connectivity index (χ2v) is 9.17. The van der Waals surface area contributed by atoms with E-state index >= 15 is 0 Å². The van der Waals surface area contributed by atoms with Crippen molar-refractivity contribution < 1.29 is 19.2 Å².